The van der Waals surface area contributed by atoms with Crippen molar-refractivity contribution >= 4 is 16.7 Å². The fraction of sp³-hybridized carbons (Fsp3) is 0.0667. The molecule has 1 aromatic heterocycles. The number of aromatic hydroxyl groups is 1. The van der Waals surface area contributed by atoms with Crippen molar-refractivity contribution in [3.05, 3.63) is 54.3 Å². The highest BCUT2D eigenvalue weighted by atomic mass is 16.5. The Morgan fingerprint density at radius 2 is 1.89 bits per heavy atom. The lowest BCUT2D eigenvalue weighted by Crippen LogP contribution is -1.95. The second-order valence-electron chi connectivity index (χ2n) is 4.26. The average Bonchev–Trinajstić information content (AvgIpc) is 2.83. The molecule has 3 aromatic rings. The van der Waals surface area contributed by atoms with Gasteiger partial charge in [0.25, 0.3) is 0 Å². The van der Waals surface area contributed by atoms with Gasteiger partial charge in [-0.2, -0.15) is 0 Å². The fourth-order valence-corrected chi connectivity index (χ4v) is 1.99. The zero-order chi connectivity index (χ0) is 13.2. The predicted octanol–water partition coefficient (Wildman–Crippen LogP) is 3.30. The standard InChI is InChI=1S/C15H13NO3/c16-13-2-1-3-14-15(13)10(9-19-14)8-18-12-6-4-11(17)5-7-12/h1-7,9,17H,8,16H2. The highest BCUT2D eigenvalue weighted by Crippen LogP contribution is 2.28. The molecule has 3 rings (SSSR count). The summed E-state index contributed by atoms with van der Waals surface area (Å²) in [5.41, 5.74) is 8.28. The Balaban J connectivity index is 1.84. The normalized spacial score (nSPS) is 10.7. The molecule has 0 aliphatic heterocycles. The minimum atomic E-state index is 0.213. The van der Waals surface area contributed by atoms with Crippen molar-refractivity contribution in [1.82, 2.24) is 0 Å². The van der Waals surface area contributed by atoms with Crippen LogP contribution in [0.15, 0.2) is 53.1 Å². The lowest BCUT2D eigenvalue weighted by molar-refractivity contribution is 0.305. The van der Waals surface area contributed by atoms with E-state index in [9.17, 15) is 5.11 Å². The van der Waals surface area contributed by atoms with Gasteiger partial charge in [-0.05, 0) is 36.4 Å². The third-order valence-corrected chi connectivity index (χ3v) is 2.94. The van der Waals surface area contributed by atoms with Crippen LogP contribution in [0.5, 0.6) is 11.5 Å². The summed E-state index contributed by atoms with van der Waals surface area (Å²) in [7, 11) is 0. The third kappa shape index (κ3) is 2.20. The van der Waals surface area contributed by atoms with Gasteiger partial charge < -0.3 is 20.0 Å². The van der Waals surface area contributed by atoms with Gasteiger partial charge in [0, 0.05) is 16.6 Å². The number of benzene rings is 2. The van der Waals surface area contributed by atoms with Crippen molar-refractivity contribution < 1.29 is 14.3 Å². The van der Waals surface area contributed by atoms with Gasteiger partial charge in [-0.25, -0.2) is 0 Å². The van der Waals surface area contributed by atoms with E-state index in [2.05, 4.69) is 0 Å². The fourth-order valence-electron chi connectivity index (χ4n) is 1.99. The molecule has 0 spiro atoms. The van der Waals surface area contributed by atoms with Gasteiger partial charge >= 0.3 is 0 Å². The van der Waals surface area contributed by atoms with E-state index in [1.54, 1.807) is 30.5 Å². The van der Waals surface area contributed by atoms with Crippen molar-refractivity contribution in [2.45, 2.75) is 6.61 Å². The zero-order valence-electron chi connectivity index (χ0n) is 10.2. The van der Waals surface area contributed by atoms with Gasteiger partial charge in [-0.15, -0.1) is 0 Å². The quantitative estimate of drug-likeness (QED) is 0.704. The maximum absolute atomic E-state index is 9.20. The Morgan fingerprint density at radius 3 is 2.68 bits per heavy atom. The Morgan fingerprint density at radius 1 is 1.11 bits per heavy atom. The molecule has 0 atom stereocenters. The third-order valence-electron chi connectivity index (χ3n) is 2.94. The summed E-state index contributed by atoms with van der Waals surface area (Å²) in [4.78, 5) is 0. The Hall–Kier alpha value is -2.62. The first-order chi connectivity index (χ1) is 9.24. The number of nitrogen functional groups attached to an aromatic ring is 1. The number of phenolic OH excluding ortho intramolecular Hbond substituents is 1. The molecule has 0 aliphatic rings. The van der Waals surface area contributed by atoms with E-state index in [1.165, 1.54) is 0 Å². The maximum atomic E-state index is 9.20. The lowest BCUT2D eigenvalue weighted by Gasteiger charge is -2.05. The minimum absolute atomic E-state index is 0.213. The second kappa shape index (κ2) is 4.57. The van der Waals surface area contributed by atoms with Crippen LogP contribution in [0, 0.1) is 0 Å². The van der Waals surface area contributed by atoms with Crippen LogP contribution in [0.4, 0.5) is 5.69 Å². The van der Waals surface area contributed by atoms with E-state index in [0.717, 1.165) is 16.5 Å². The van der Waals surface area contributed by atoms with Gasteiger partial charge in [0.1, 0.15) is 23.7 Å². The molecule has 0 fully saturated rings. The number of hydrogen-bond donors (Lipinski definition) is 2. The molecule has 0 unspecified atom stereocenters. The first-order valence-electron chi connectivity index (χ1n) is 5.90. The summed E-state index contributed by atoms with van der Waals surface area (Å²) < 4.78 is 11.1. The molecule has 3 N–H and O–H groups in total. The second-order valence-corrected chi connectivity index (χ2v) is 4.26. The molecule has 4 heteroatoms. The molecular weight excluding hydrogens is 242 g/mol. The van der Waals surface area contributed by atoms with Gasteiger partial charge in [-0.3, -0.25) is 0 Å². The maximum Gasteiger partial charge on any atom is 0.136 e. The van der Waals surface area contributed by atoms with E-state index in [4.69, 9.17) is 14.9 Å². The van der Waals surface area contributed by atoms with Crippen LogP contribution < -0.4 is 10.5 Å². The number of anilines is 1. The molecule has 0 amide bonds. The summed E-state index contributed by atoms with van der Waals surface area (Å²) in [5, 5.41) is 10.1. The number of ether oxygens (including phenoxy) is 1. The predicted molar refractivity (Wildman–Crippen MR) is 73.1 cm³/mol. The van der Waals surface area contributed by atoms with Crippen LogP contribution in [-0.2, 0) is 6.61 Å². The molecular formula is C15H13NO3. The van der Waals surface area contributed by atoms with Crippen LogP contribution in [-0.4, -0.2) is 5.11 Å². The van der Waals surface area contributed by atoms with Crippen LogP contribution in [0.3, 0.4) is 0 Å². The van der Waals surface area contributed by atoms with Gasteiger partial charge in [0.2, 0.25) is 0 Å². The summed E-state index contributed by atoms with van der Waals surface area (Å²) in [6.45, 7) is 0.367. The molecule has 0 saturated carbocycles. The first kappa shape index (κ1) is 11.5. The van der Waals surface area contributed by atoms with Crippen LogP contribution in [0.25, 0.3) is 11.0 Å². The zero-order valence-corrected chi connectivity index (χ0v) is 10.2. The average molecular weight is 255 g/mol. The number of rotatable bonds is 3. The van der Waals surface area contributed by atoms with Crippen molar-refractivity contribution in [3.8, 4) is 11.5 Å². The summed E-state index contributed by atoms with van der Waals surface area (Å²) >= 11 is 0. The number of furan rings is 1. The van der Waals surface area contributed by atoms with E-state index in [-0.39, 0.29) is 5.75 Å². The Kier molecular flexibility index (Phi) is 2.76. The largest absolute Gasteiger partial charge is 0.508 e. The minimum Gasteiger partial charge on any atom is -0.508 e. The number of hydrogen-bond acceptors (Lipinski definition) is 4. The molecule has 0 radical (unpaired) electrons. The number of phenols is 1. The van der Waals surface area contributed by atoms with Crippen LogP contribution >= 0.6 is 0 Å². The molecule has 0 bridgehead atoms. The summed E-state index contributed by atoms with van der Waals surface area (Å²) in [6.07, 6.45) is 1.65. The lowest BCUT2D eigenvalue weighted by atomic mass is 10.1. The summed E-state index contributed by atoms with van der Waals surface area (Å²) in [5.74, 6) is 0.895. The van der Waals surface area contributed by atoms with Crippen LogP contribution in [0.1, 0.15) is 5.56 Å². The van der Waals surface area contributed by atoms with Gasteiger partial charge in [-0.1, -0.05) is 6.07 Å². The topological polar surface area (TPSA) is 68.6 Å². The van der Waals surface area contributed by atoms with Crippen molar-refractivity contribution in [1.29, 1.82) is 0 Å². The highest BCUT2D eigenvalue weighted by Gasteiger charge is 2.09. The van der Waals surface area contributed by atoms with Gasteiger partial charge in [0.15, 0.2) is 0 Å². The molecule has 2 aromatic carbocycles. The molecule has 0 aliphatic carbocycles. The molecule has 4 nitrogen and oxygen atoms in total. The van der Waals surface area contributed by atoms with Crippen molar-refractivity contribution in [3.63, 3.8) is 0 Å². The number of fused-ring (bicyclic) bond motifs is 1. The SMILES string of the molecule is Nc1cccc2occ(COc3ccc(O)cc3)c12. The molecule has 19 heavy (non-hydrogen) atoms. The van der Waals surface area contributed by atoms with Crippen molar-refractivity contribution in [2.24, 2.45) is 0 Å². The molecule has 1 heterocycles. The monoisotopic (exact) mass is 255 g/mol. The van der Waals surface area contributed by atoms with Gasteiger partial charge in [0.05, 0.1) is 6.26 Å². The summed E-state index contributed by atoms with van der Waals surface area (Å²) in [6, 6.07) is 12.1. The van der Waals surface area contributed by atoms with Crippen LogP contribution in [0.2, 0.25) is 0 Å². The van der Waals surface area contributed by atoms with E-state index >= 15 is 0 Å². The molecule has 0 saturated heterocycles. The van der Waals surface area contributed by atoms with E-state index in [0.29, 0.717) is 18.0 Å². The smallest absolute Gasteiger partial charge is 0.136 e. The van der Waals surface area contributed by atoms with Crippen molar-refractivity contribution in [2.75, 3.05) is 5.73 Å². The highest BCUT2D eigenvalue weighted by molar-refractivity contribution is 5.92. The van der Waals surface area contributed by atoms with E-state index < -0.39 is 0 Å². The first-order valence-corrected chi connectivity index (χ1v) is 5.90. The Bertz CT molecular complexity index is 701. The molecule has 96 valence electrons. The number of nitrogens with two attached hydrogens (primary N) is 1. The Labute approximate surface area is 110 Å². The van der Waals surface area contributed by atoms with E-state index in [1.807, 2.05) is 18.2 Å².